The molecule has 0 heterocycles. The summed E-state index contributed by atoms with van der Waals surface area (Å²) < 4.78 is 0. The average Bonchev–Trinajstić information content (AvgIpc) is 2.24. The summed E-state index contributed by atoms with van der Waals surface area (Å²) in [6, 6.07) is 5.53. The minimum Gasteiger partial charge on any atom is -0.399 e. The molecule has 1 rings (SSSR count). The van der Waals surface area contributed by atoms with E-state index < -0.39 is 0 Å². The molecule has 1 amide bonds. The Morgan fingerprint density at radius 1 is 1.47 bits per heavy atom. The van der Waals surface area contributed by atoms with Crippen molar-refractivity contribution in [3.63, 3.8) is 0 Å². The van der Waals surface area contributed by atoms with Crippen molar-refractivity contribution in [2.75, 3.05) is 23.7 Å². The molecule has 0 bridgehead atoms. The number of rotatable bonds is 3. The number of likely N-dealkylation sites (N-methyl/N-ethyl adjacent to an activating group) is 1. The van der Waals surface area contributed by atoms with E-state index in [1.54, 1.807) is 11.0 Å². The van der Waals surface area contributed by atoms with E-state index in [0.29, 0.717) is 6.54 Å². The van der Waals surface area contributed by atoms with Gasteiger partial charge in [0.1, 0.15) is 0 Å². The minimum absolute atomic E-state index is 0.0251. The van der Waals surface area contributed by atoms with Crippen molar-refractivity contribution >= 4 is 17.3 Å². The fraction of sp³-hybridized carbons (Fsp3) is 0.364. The van der Waals surface area contributed by atoms with Crippen LogP contribution in [0, 0.1) is 6.92 Å². The molecule has 0 radical (unpaired) electrons. The van der Waals surface area contributed by atoms with Crippen molar-refractivity contribution in [3.8, 4) is 0 Å². The second-order valence-electron chi connectivity index (χ2n) is 3.38. The highest BCUT2D eigenvalue weighted by atomic mass is 16.2. The van der Waals surface area contributed by atoms with Crippen LogP contribution in [0.2, 0.25) is 0 Å². The lowest BCUT2D eigenvalue weighted by molar-refractivity contribution is -0.117. The molecule has 82 valence electrons. The molecule has 0 saturated carbocycles. The molecule has 4 N–H and O–H groups in total. The van der Waals surface area contributed by atoms with Crippen LogP contribution in [-0.2, 0) is 4.79 Å². The van der Waals surface area contributed by atoms with E-state index in [9.17, 15) is 4.79 Å². The minimum atomic E-state index is -0.0818. The number of nitrogens with two attached hydrogens (primary N) is 2. The summed E-state index contributed by atoms with van der Waals surface area (Å²) in [6.07, 6.45) is 0. The monoisotopic (exact) mass is 207 g/mol. The number of hydrogen-bond donors (Lipinski definition) is 2. The van der Waals surface area contributed by atoms with Crippen LogP contribution in [0.3, 0.4) is 0 Å². The number of benzene rings is 1. The van der Waals surface area contributed by atoms with Gasteiger partial charge in [0, 0.05) is 17.9 Å². The lowest BCUT2D eigenvalue weighted by atomic mass is 10.1. The smallest absolute Gasteiger partial charge is 0.240 e. The highest BCUT2D eigenvalue weighted by Gasteiger charge is 2.12. The van der Waals surface area contributed by atoms with Crippen molar-refractivity contribution in [2.45, 2.75) is 13.8 Å². The zero-order valence-corrected chi connectivity index (χ0v) is 9.16. The van der Waals surface area contributed by atoms with Gasteiger partial charge in [-0.05, 0) is 37.6 Å². The Bertz CT molecular complexity index is 363. The summed E-state index contributed by atoms with van der Waals surface area (Å²) in [5.41, 5.74) is 13.6. The van der Waals surface area contributed by atoms with Gasteiger partial charge in [-0.15, -0.1) is 0 Å². The third-order valence-electron chi connectivity index (χ3n) is 2.36. The molecule has 0 aliphatic carbocycles. The summed E-state index contributed by atoms with van der Waals surface area (Å²) >= 11 is 0. The Kier molecular flexibility index (Phi) is 3.68. The van der Waals surface area contributed by atoms with Crippen LogP contribution in [-0.4, -0.2) is 19.0 Å². The SMILES string of the molecule is CCN(C(=O)CN)c1ccc(N)c(C)c1. The third kappa shape index (κ3) is 2.47. The number of amides is 1. The highest BCUT2D eigenvalue weighted by Crippen LogP contribution is 2.20. The van der Waals surface area contributed by atoms with Gasteiger partial charge in [-0.3, -0.25) is 4.79 Å². The lowest BCUT2D eigenvalue weighted by Gasteiger charge is -2.21. The first-order valence-electron chi connectivity index (χ1n) is 4.96. The number of aryl methyl sites for hydroxylation is 1. The van der Waals surface area contributed by atoms with Crippen LogP contribution in [0.15, 0.2) is 18.2 Å². The number of anilines is 2. The average molecular weight is 207 g/mol. The summed E-state index contributed by atoms with van der Waals surface area (Å²) in [6.45, 7) is 4.47. The van der Waals surface area contributed by atoms with Crippen molar-refractivity contribution in [1.29, 1.82) is 0 Å². The Morgan fingerprint density at radius 2 is 2.13 bits per heavy atom. The highest BCUT2D eigenvalue weighted by molar-refractivity contribution is 5.94. The number of carbonyl (C=O) groups excluding carboxylic acids is 1. The van der Waals surface area contributed by atoms with Crippen LogP contribution in [0.1, 0.15) is 12.5 Å². The maximum absolute atomic E-state index is 11.5. The predicted molar refractivity (Wildman–Crippen MR) is 62.7 cm³/mol. The van der Waals surface area contributed by atoms with Crippen LogP contribution in [0.4, 0.5) is 11.4 Å². The van der Waals surface area contributed by atoms with Gasteiger partial charge in [0.2, 0.25) is 5.91 Å². The molecule has 0 aromatic heterocycles. The Morgan fingerprint density at radius 3 is 2.60 bits per heavy atom. The Labute approximate surface area is 89.9 Å². The van der Waals surface area contributed by atoms with Gasteiger partial charge in [-0.1, -0.05) is 0 Å². The third-order valence-corrected chi connectivity index (χ3v) is 2.36. The summed E-state index contributed by atoms with van der Waals surface area (Å²) in [5.74, 6) is -0.0818. The fourth-order valence-electron chi connectivity index (χ4n) is 1.44. The van der Waals surface area contributed by atoms with Gasteiger partial charge in [-0.25, -0.2) is 0 Å². The van der Waals surface area contributed by atoms with Crippen LogP contribution < -0.4 is 16.4 Å². The maximum atomic E-state index is 11.5. The molecule has 1 aromatic carbocycles. The van der Waals surface area contributed by atoms with Crippen molar-refractivity contribution in [1.82, 2.24) is 0 Å². The number of nitrogen functional groups attached to an aromatic ring is 1. The normalized spacial score (nSPS) is 10.1. The molecule has 15 heavy (non-hydrogen) atoms. The van der Waals surface area contributed by atoms with Crippen LogP contribution in [0.25, 0.3) is 0 Å². The predicted octanol–water partition coefficient (Wildman–Crippen LogP) is 0.889. The number of nitrogens with zero attached hydrogens (tertiary/aromatic N) is 1. The van der Waals surface area contributed by atoms with E-state index in [2.05, 4.69) is 0 Å². The molecular formula is C11H17N3O. The van der Waals surface area contributed by atoms with Crippen LogP contribution >= 0.6 is 0 Å². The molecule has 1 aromatic rings. The van der Waals surface area contributed by atoms with E-state index in [-0.39, 0.29) is 12.5 Å². The Hall–Kier alpha value is -1.55. The molecule has 0 aliphatic heterocycles. The molecule has 0 spiro atoms. The molecule has 0 saturated heterocycles. The van der Waals surface area contributed by atoms with Gasteiger partial charge >= 0.3 is 0 Å². The molecular weight excluding hydrogens is 190 g/mol. The zero-order valence-electron chi connectivity index (χ0n) is 9.16. The van der Waals surface area contributed by atoms with E-state index in [4.69, 9.17) is 11.5 Å². The summed E-state index contributed by atoms with van der Waals surface area (Å²) in [4.78, 5) is 13.2. The van der Waals surface area contributed by atoms with Crippen molar-refractivity contribution in [2.24, 2.45) is 5.73 Å². The molecule has 0 unspecified atom stereocenters. The zero-order chi connectivity index (χ0) is 11.4. The second kappa shape index (κ2) is 4.79. The van der Waals surface area contributed by atoms with Gasteiger partial charge in [0.15, 0.2) is 0 Å². The molecule has 4 heteroatoms. The van der Waals surface area contributed by atoms with Crippen LogP contribution in [0.5, 0.6) is 0 Å². The first-order chi connectivity index (χ1) is 7.10. The van der Waals surface area contributed by atoms with Gasteiger partial charge in [-0.2, -0.15) is 0 Å². The number of carbonyl (C=O) groups is 1. The van der Waals surface area contributed by atoms with Gasteiger partial charge < -0.3 is 16.4 Å². The van der Waals surface area contributed by atoms with E-state index in [0.717, 1.165) is 16.9 Å². The fourth-order valence-corrected chi connectivity index (χ4v) is 1.44. The largest absolute Gasteiger partial charge is 0.399 e. The first kappa shape index (κ1) is 11.5. The standard InChI is InChI=1S/C11H17N3O/c1-3-14(11(15)7-12)9-4-5-10(13)8(2)6-9/h4-6H,3,7,12-13H2,1-2H3. The summed E-state index contributed by atoms with van der Waals surface area (Å²) in [7, 11) is 0. The van der Waals surface area contributed by atoms with Crippen molar-refractivity contribution in [3.05, 3.63) is 23.8 Å². The molecule has 0 fully saturated rings. The quantitative estimate of drug-likeness (QED) is 0.723. The van der Waals surface area contributed by atoms with Crippen molar-refractivity contribution < 1.29 is 4.79 Å². The first-order valence-corrected chi connectivity index (χ1v) is 4.96. The molecule has 4 nitrogen and oxygen atoms in total. The molecule has 0 aliphatic rings. The van der Waals surface area contributed by atoms with E-state index in [1.165, 1.54) is 0 Å². The topological polar surface area (TPSA) is 72.3 Å². The molecule has 0 atom stereocenters. The van der Waals surface area contributed by atoms with Gasteiger partial charge in [0.05, 0.1) is 6.54 Å². The number of hydrogen-bond acceptors (Lipinski definition) is 3. The maximum Gasteiger partial charge on any atom is 0.240 e. The Balaban J connectivity index is 3.02. The van der Waals surface area contributed by atoms with Gasteiger partial charge in [0.25, 0.3) is 0 Å². The second-order valence-corrected chi connectivity index (χ2v) is 3.38. The lowest BCUT2D eigenvalue weighted by Crippen LogP contribution is -2.35. The van der Waals surface area contributed by atoms with E-state index in [1.807, 2.05) is 26.0 Å². The van der Waals surface area contributed by atoms with E-state index >= 15 is 0 Å². The summed E-state index contributed by atoms with van der Waals surface area (Å²) in [5, 5.41) is 0.